The van der Waals surface area contributed by atoms with Crippen LogP contribution in [0.1, 0.15) is 0 Å². The van der Waals surface area contributed by atoms with Crippen molar-refractivity contribution in [1.29, 1.82) is 0 Å². The lowest BCUT2D eigenvalue weighted by Gasteiger charge is -2.30. The molecule has 42 heavy (non-hydrogen) atoms. The van der Waals surface area contributed by atoms with E-state index in [0.717, 1.165) is 27.8 Å². The largest absolute Gasteiger partial charge is 0.398 e. The van der Waals surface area contributed by atoms with Crippen LogP contribution in [0, 0.1) is 0 Å². The van der Waals surface area contributed by atoms with Crippen molar-refractivity contribution in [3.8, 4) is 11.1 Å². The molecule has 2 heteroatoms. The Morgan fingerprint density at radius 1 is 0.310 bits per heavy atom. The number of anilines is 4. The van der Waals surface area contributed by atoms with Gasteiger partial charge in [0.15, 0.2) is 0 Å². The van der Waals surface area contributed by atoms with E-state index in [1.165, 1.54) is 49.1 Å². The summed E-state index contributed by atoms with van der Waals surface area (Å²) in [4.78, 5) is 2.40. The van der Waals surface area contributed by atoms with Gasteiger partial charge in [-0.3, -0.25) is 0 Å². The van der Waals surface area contributed by atoms with Gasteiger partial charge in [-0.15, -0.1) is 0 Å². The van der Waals surface area contributed by atoms with Gasteiger partial charge in [-0.25, -0.2) is 0 Å². The van der Waals surface area contributed by atoms with Gasteiger partial charge >= 0.3 is 0 Å². The first-order valence-electron chi connectivity index (χ1n) is 14.3. The molecule has 0 amide bonds. The zero-order chi connectivity index (χ0) is 28.0. The second-order valence-corrected chi connectivity index (χ2v) is 10.7. The zero-order valence-electron chi connectivity index (χ0n) is 23.0. The Bertz CT molecular complexity index is 2100. The molecule has 198 valence electrons. The summed E-state index contributed by atoms with van der Waals surface area (Å²) in [6, 6.07) is 56.1. The summed E-state index contributed by atoms with van der Waals surface area (Å²) >= 11 is 0. The van der Waals surface area contributed by atoms with Crippen molar-refractivity contribution in [2.45, 2.75) is 0 Å². The monoisotopic (exact) mass is 536 g/mol. The fourth-order valence-electron chi connectivity index (χ4n) is 6.61. The topological polar surface area (TPSA) is 29.3 Å². The molecule has 2 N–H and O–H groups in total. The van der Waals surface area contributed by atoms with Crippen LogP contribution >= 0.6 is 0 Å². The van der Waals surface area contributed by atoms with E-state index >= 15 is 0 Å². The number of hydrogen-bond acceptors (Lipinski definition) is 2. The summed E-state index contributed by atoms with van der Waals surface area (Å²) in [7, 11) is 0. The maximum atomic E-state index is 6.81. The summed E-state index contributed by atoms with van der Waals surface area (Å²) in [6.45, 7) is 0. The molecule has 0 saturated carbocycles. The van der Waals surface area contributed by atoms with Crippen molar-refractivity contribution >= 4 is 65.8 Å². The van der Waals surface area contributed by atoms with E-state index in [0.29, 0.717) is 0 Å². The van der Waals surface area contributed by atoms with Crippen LogP contribution in [-0.2, 0) is 0 Å². The zero-order valence-corrected chi connectivity index (χ0v) is 23.0. The second kappa shape index (κ2) is 9.79. The Kier molecular flexibility index (Phi) is 5.65. The molecule has 0 saturated heterocycles. The van der Waals surface area contributed by atoms with E-state index in [-0.39, 0.29) is 0 Å². The highest BCUT2D eigenvalue weighted by molar-refractivity contribution is 6.29. The lowest BCUT2D eigenvalue weighted by molar-refractivity contribution is 1.31. The molecule has 0 fully saturated rings. The minimum atomic E-state index is 0.828. The highest BCUT2D eigenvalue weighted by Gasteiger charge is 2.24. The van der Waals surface area contributed by atoms with Crippen molar-refractivity contribution in [2.24, 2.45) is 0 Å². The van der Waals surface area contributed by atoms with Gasteiger partial charge in [0, 0.05) is 38.6 Å². The van der Waals surface area contributed by atoms with Gasteiger partial charge in [-0.05, 0) is 56.9 Å². The average Bonchev–Trinajstić information content (AvgIpc) is 3.07. The van der Waals surface area contributed by atoms with Crippen LogP contribution in [0.15, 0.2) is 158 Å². The smallest absolute Gasteiger partial charge is 0.0618 e. The van der Waals surface area contributed by atoms with Crippen molar-refractivity contribution in [3.05, 3.63) is 158 Å². The molecule has 0 aliphatic rings. The van der Waals surface area contributed by atoms with Gasteiger partial charge in [-0.2, -0.15) is 0 Å². The molecule has 0 spiro atoms. The molecule has 0 heterocycles. The fourth-order valence-corrected chi connectivity index (χ4v) is 6.61. The quantitative estimate of drug-likeness (QED) is 0.179. The Labute approximate surface area is 244 Å². The molecular formula is C40H28N2. The normalized spacial score (nSPS) is 11.4. The molecule has 8 aromatic carbocycles. The maximum absolute atomic E-state index is 6.81. The highest BCUT2D eigenvalue weighted by Crippen LogP contribution is 2.51. The molecule has 0 aliphatic carbocycles. The van der Waals surface area contributed by atoms with E-state index < -0.39 is 0 Å². The van der Waals surface area contributed by atoms with Crippen molar-refractivity contribution in [3.63, 3.8) is 0 Å². The fraction of sp³-hybridized carbons (Fsp3) is 0. The van der Waals surface area contributed by atoms with Crippen molar-refractivity contribution in [1.82, 2.24) is 0 Å². The summed E-state index contributed by atoms with van der Waals surface area (Å²) in [6.07, 6.45) is 0. The number of nitrogens with zero attached hydrogens (tertiary/aromatic N) is 1. The number of hydrogen-bond donors (Lipinski definition) is 1. The average molecular weight is 537 g/mol. The van der Waals surface area contributed by atoms with Gasteiger partial charge in [0.25, 0.3) is 0 Å². The molecule has 0 radical (unpaired) electrons. The van der Waals surface area contributed by atoms with E-state index in [1.807, 2.05) is 0 Å². The molecule has 0 aliphatic heterocycles. The van der Waals surface area contributed by atoms with E-state index in [9.17, 15) is 0 Å². The minimum absolute atomic E-state index is 0.828. The van der Waals surface area contributed by atoms with E-state index in [4.69, 9.17) is 5.73 Å². The molecule has 8 rings (SSSR count). The number of benzene rings is 8. The third-order valence-electron chi connectivity index (χ3n) is 8.38. The van der Waals surface area contributed by atoms with Crippen LogP contribution in [0.2, 0.25) is 0 Å². The van der Waals surface area contributed by atoms with Crippen molar-refractivity contribution in [2.75, 3.05) is 10.6 Å². The lowest BCUT2D eigenvalue weighted by Crippen LogP contribution is -2.11. The highest BCUT2D eigenvalue weighted by atomic mass is 15.1. The lowest BCUT2D eigenvalue weighted by atomic mass is 9.84. The van der Waals surface area contributed by atoms with E-state index in [2.05, 4.69) is 163 Å². The number of nitrogen functional groups attached to an aromatic ring is 1. The standard InChI is InChI=1S/C40H28N2/c41-39-33-23-11-7-19-29(33)37(30-20-8-12-24-34(30)39)38-31-21-9-13-25-35(31)40(36-26-14-10-22-32(36)38)42(27-15-3-1-4-16-27)28-17-5-2-6-18-28/h1-26H,41H2. The van der Waals surface area contributed by atoms with E-state index in [1.54, 1.807) is 0 Å². The van der Waals surface area contributed by atoms with Gasteiger partial charge in [0.2, 0.25) is 0 Å². The first kappa shape index (κ1) is 24.2. The molecule has 2 nitrogen and oxygen atoms in total. The molecule has 0 unspecified atom stereocenters. The molecule has 8 aromatic rings. The van der Waals surface area contributed by atoms with Gasteiger partial charge in [-0.1, -0.05) is 133 Å². The number of para-hydroxylation sites is 2. The third kappa shape index (κ3) is 3.66. The predicted octanol–water partition coefficient (Wildman–Crippen LogP) is 11.0. The summed E-state index contributed by atoms with van der Waals surface area (Å²) in [5.41, 5.74) is 13.5. The predicted molar refractivity (Wildman–Crippen MR) is 181 cm³/mol. The van der Waals surface area contributed by atoms with Crippen LogP contribution in [-0.4, -0.2) is 0 Å². The van der Waals surface area contributed by atoms with Crippen LogP contribution in [0.3, 0.4) is 0 Å². The van der Waals surface area contributed by atoms with Gasteiger partial charge < -0.3 is 10.6 Å². The van der Waals surface area contributed by atoms with Crippen LogP contribution in [0.25, 0.3) is 54.2 Å². The van der Waals surface area contributed by atoms with Crippen LogP contribution in [0.4, 0.5) is 22.7 Å². The maximum Gasteiger partial charge on any atom is 0.0618 e. The van der Waals surface area contributed by atoms with Crippen molar-refractivity contribution < 1.29 is 0 Å². The van der Waals surface area contributed by atoms with Crippen LogP contribution in [0.5, 0.6) is 0 Å². The van der Waals surface area contributed by atoms with Crippen LogP contribution < -0.4 is 10.6 Å². The molecule has 0 aromatic heterocycles. The number of nitrogens with two attached hydrogens (primary N) is 1. The summed E-state index contributed by atoms with van der Waals surface area (Å²) < 4.78 is 0. The number of rotatable bonds is 4. The molecular weight excluding hydrogens is 508 g/mol. The SMILES string of the molecule is Nc1c2ccccc2c(-c2c3ccccc3c(N(c3ccccc3)c3ccccc3)c3ccccc23)c2ccccc12. The molecule has 0 atom stereocenters. The van der Waals surface area contributed by atoms with Gasteiger partial charge in [0.1, 0.15) is 0 Å². The Morgan fingerprint density at radius 3 is 0.976 bits per heavy atom. The minimum Gasteiger partial charge on any atom is -0.398 e. The third-order valence-corrected chi connectivity index (χ3v) is 8.38. The Hall–Kier alpha value is -5.60. The Balaban J connectivity index is 1.59. The number of fused-ring (bicyclic) bond motifs is 4. The second-order valence-electron chi connectivity index (χ2n) is 10.7. The first-order chi connectivity index (χ1) is 20.8. The van der Waals surface area contributed by atoms with Gasteiger partial charge in [0.05, 0.1) is 5.69 Å². The first-order valence-corrected chi connectivity index (χ1v) is 14.3. The summed E-state index contributed by atoms with van der Waals surface area (Å²) in [5, 5.41) is 9.32. The Morgan fingerprint density at radius 2 is 0.595 bits per heavy atom. The summed E-state index contributed by atoms with van der Waals surface area (Å²) in [5.74, 6) is 0. The molecule has 0 bridgehead atoms.